The molecule has 0 fully saturated rings. The summed E-state index contributed by atoms with van der Waals surface area (Å²) in [5.74, 6) is -0.562. The Balaban J connectivity index is 2.17. The second kappa shape index (κ2) is 3.34. The number of hydrogen-bond acceptors (Lipinski definition) is 1. The summed E-state index contributed by atoms with van der Waals surface area (Å²) in [6, 6.07) is 12.4. The number of benzene rings is 2. The zero-order valence-corrected chi connectivity index (χ0v) is 8.81. The Hall–Kier alpha value is -1.83. The van der Waals surface area contributed by atoms with Gasteiger partial charge in [0.15, 0.2) is 0 Å². The van der Waals surface area contributed by atoms with Gasteiger partial charge in [0.05, 0.1) is 6.42 Å². The lowest BCUT2D eigenvalue weighted by molar-refractivity contribution is -0.137. The molecule has 2 aromatic rings. The van der Waals surface area contributed by atoms with Gasteiger partial charge in [-0.15, -0.1) is 0 Å². The van der Waals surface area contributed by atoms with Crippen molar-refractivity contribution in [2.45, 2.75) is 18.8 Å². The van der Waals surface area contributed by atoms with Crippen molar-refractivity contribution in [3.8, 4) is 0 Å². The van der Waals surface area contributed by atoms with Crippen molar-refractivity contribution in [2.75, 3.05) is 0 Å². The minimum absolute atomic E-state index is 0.151. The fourth-order valence-electron chi connectivity index (χ4n) is 2.73. The molecule has 0 saturated heterocycles. The molecule has 3 rings (SSSR count). The predicted octanol–water partition coefficient (Wildman–Crippen LogP) is 2.95. The van der Waals surface area contributed by atoms with Crippen molar-refractivity contribution in [1.82, 2.24) is 0 Å². The first-order chi connectivity index (χ1) is 7.75. The summed E-state index contributed by atoms with van der Waals surface area (Å²) in [7, 11) is 0. The van der Waals surface area contributed by atoms with Gasteiger partial charge >= 0.3 is 5.97 Å². The first kappa shape index (κ1) is 9.40. The molecule has 2 heteroatoms. The van der Waals surface area contributed by atoms with Crippen molar-refractivity contribution < 1.29 is 9.90 Å². The number of carboxylic acid groups (broad SMARTS) is 1. The smallest absolute Gasteiger partial charge is 0.303 e. The van der Waals surface area contributed by atoms with E-state index in [1.54, 1.807) is 0 Å². The molecule has 2 nitrogen and oxygen atoms in total. The van der Waals surface area contributed by atoms with Crippen LogP contribution < -0.4 is 0 Å². The van der Waals surface area contributed by atoms with Gasteiger partial charge in [0.25, 0.3) is 0 Å². The Bertz CT molecular complexity index is 567. The minimum atomic E-state index is -0.713. The molecule has 0 heterocycles. The van der Waals surface area contributed by atoms with E-state index in [0.717, 1.165) is 6.42 Å². The Labute approximate surface area is 93.5 Å². The molecule has 16 heavy (non-hydrogen) atoms. The molecule has 80 valence electrons. The minimum Gasteiger partial charge on any atom is -0.481 e. The first-order valence-corrected chi connectivity index (χ1v) is 5.48. The Kier molecular flexibility index (Phi) is 1.96. The molecule has 0 aromatic heterocycles. The third-order valence-corrected chi connectivity index (χ3v) is 3.35. The Morgan fingerprint density at radius 2 is 2.00 bits per heavy atom. The standard InChI is InChI=1S/C14H12O2/c15-13(16)8-11-7-10-5-1-3-9-4-2-6-12(11)14(9)10/h1-6,11H,7-8H2,(H,15,16). The van der Waals surface area contributed by atoms with E-state index in [2.05, 4.69) is 24.3 Å². The number of carbonyl (C=O) groups is 1. The van der Waals surface area contributed by atoms with Crippen molar-refractivity contribution >= 4 is 16.7 Å². The summed E-state index contributed by atoms with van der Waals surface area (Å²) in [5, 5.41) is 11.4. The Morgan fingerprint density at radius 3 is 2.75 bits per heavy atom. The molecule has 1 unspecified atom stereocenters. The van der Waals surface area contributed by atoms with Crippen LogP contribution in [0.15, 0.2) is 36.4 Å². The van der Waals surface area contributed by atoms with Crippen LogP contribution in [0, 0.1) is 0 Å². The zero-order chi connectivity index (χ0) is 11.1. The van der Waals surface area contributed by atoms with Gasteiger partial charge in [0, 0.05) is 0 Å². The zero-order valence-electron chi connectivity index (χ0n) is 8.81. The lowest BCUT2D eigenvalue weighted by Crippen LogP contribution is -2.04. The molecule has 0 amide bonds. The highest BCUT2D eigenvalue weighted by Crippen LogP contribution is 2.39. The van der Waals surface area contributed by atoms with E-state index in [9.17, 15) is 4.79 Å². The summed E-state index contributed by atoms with van der Waals surface area (Å²) in [5.41, 5.74) is 2.50. The highest BCUT2D eigenvalue weighted by atomic mass is 16.4. The Morgan fingerprint density at radius 1 is 1.25 bits per heavy atom. The number of aliphatic carboxylic acids is 1. The van der Waals surface area contributed by atoms with Crippen LogP contribution in [-0.2, 0) is 11.2 Å². The van der Waals surface area contributed by atoms with Crippen LogP contribution in [0.5, 0.6) is 0 Å². The van der Waals surface area contributed by atoms with Crippen molar-refractivity contribution in [1.29, 1.82) is 0 Å². The number of hydrogen-bond donors (Lipinski definition) is 1. The fourth-order valence-corrected chi connectivity index (χ4v) is 2.73. The lowest BCUT2D eigenvalue weighted by Gasteiger charge is -2.07. The molecule has 1 N–H and O–H groups in total. The van der Waals surface area contributed by atoms with Crippen LogP contribution in [0.25, 0.3) is 10.8 Å². The number of rotatable bonds is 2. The van der Waals surface area contributed by atoms with Crippen LogP contribution in [-0.4, -0.2) is 11.1 Å². The average molecular weight is 212 g/mol. The van der Waals surface area contributed by atoms with Gasteiger partial charge in [0.2, 0.25) is 0 Å². The van der Waals surface area contributed by atoms with Crippen LogP contribution in [0.1, 0.15) is 23.5 Å². The maximum atomic E-state index is 10.8. The van der Waals surface area contributed by atoms with Gasteiger partial charge in [-0.05, 0) is 34.2 Å². The van der Waals surface area contributed by atoms with Gasteiger partial charge in [-0.2, -0.15) is 0 Å². The molecule has 1 atom stereocenters. The van der Waals surface area contributed by atoms with Gasteiger partial charge in [-0.1, -0.05) is 36.4 Å². The summed E-state index contributed by atoms with van der Waals surface area (Å²) in [4.78, 5) is 10.8. The van der Waals surface area contributed by atoms with E-state index < -0.39 is 5.97 Å². The van der Waals surface area contributed by atoms with E-state index >= 15 is 0 Å². The maximum Gasteiger partial charge on any atom is 0.303 e. The third kappa shape index (κ3) is 1.30. The van der Waals surface area contributed by atoms with Crippen LogP contribution in [0.3, 0.4) is 0 Å². The van der Waals surface area contributed by atoms with Crippen molar-refractivity contribution in [3.05, 3.63) is 47.5 Å². The SMILES string of the molecule is O=C(O)CC1Cc2cccc3cccc1c23. The molecule has 0 spiro atoms. The van der Waals surface area contributed by atoms with E-state index in [1.165, 1.54) is 21.9 Å². The highest BCUT2D eigenvalue weighted by Gasteiger charge is 2.25. The highest BCUT2D eigenvalue weighted by molar-refractivity contribution is 5.92. The van der Waals surface area contributed by atoms with Crippen molar-refractivity contribution in [2.24, 2.45) is 0 Å². The predicted molar refractivity (Wildman–Crippen MR) is 62.6 cm³/mol. The van der Waals surface area contributed by atoms with Gasteiger partial charge in [-0.3, -0.25) is 4.79 Å². The molecule has 0 aliphatic heterocycles. The molecule has 2 aromatic carbocycles. The maximum absolute atomic E-state index is 10.8. The quantitative estimate of drug-likeness (QED) is 0.831. The largest absolute Gasteiger partial charge is 0.481 e. The van der Waals surface area contributed by atoms with Crippen LogP contribution >= 0.6 is 0 Å². The molecule has 1 aliphatic rings. The molecule has 0 radical (unpaired) electrons. The molecular weight excluding hydrogens is 200 g/mol. The lowest BCUT2D eigenvalue weighted by atomic mass is 9.97. The monoisotopic (exact) mass is 212 g/mol. The molecule has 0 bridgehead atoms. The van der Waals surface area contributed by atoms with Crippen LogP contribution in [0.4, 0.5) is 0 Å². The van der Waals surface area contributed by atoms with Gasteiger partial charge in [-0.25, -0.2) is 0 Å². The summed E-state index contributed by atoms with van der Waals surface area (Å²) >= 11 is 0. The summed E-state index contributed by atoms with van der Waals surface area (Å²) in [6.07, 6.45) is 1.09. The van der Waals surface area contributed by atoms with E-state index in [0.29, 0.717) is 0 Å². The first-order valence-electron chi connectivity index (χ1n) is 5.48. The topological polar surface area (TPSA) is 37.3 Å². The normalized spacial score (nSPS) is 17.9. The van der Waals surface area contributed by atoms with Crippen LogP contribution in [0.2, 0.25) is 0 Å². The second-order valence-corrected chi connectivity index (χ2v) is 4.36. The number of carboxylic acids is 1. The van der Waals surface area contributed by atoms with E-state index in [1.807, 2.05) is 12.1 Å². The fraction of sp³-hybridized carbons (Fsp3) is 0.214. The molecule has 0 saturated carbocycles. The van der Waals surface area contributed by atoms with Gasteiger partial charge < -0.3 is 5.11 Å². The average Bonchev–Trinajstić information content (AvgIpc) is 2.59. The summed E-state index contributed by atoms with van der Waals surface area (Å²) in [6.45, 7) is 0. The van der Waals surface area contributed by atoms with E-state index in [-0.39, 0.29) is 12.3 Å². The van der Waals surface area contributed by atoms with E-state index in [4.69, 9.17) is 5.11 Å². The summed E-state index contributed by atoms with van der Waals surface area (Å²) < 4.78 is 0. The molecular formula is C14H12O2. The third-order valence-electron chi connectivity index (χ3n) is 3.35. The second-order valence-electron chi connectivity index (χ2n) is 4.36. The molecule has 1 aliphatic carbocycles. The van der Waals surface area contributed by atoms with Gasteiger partial charge in [0.1, 0.15) is 0 Å². The van der Waals surface area contributed by atoms with Crippen molar-refractivity contribution in [3.63, 3.8) is 0 Å².